The van der Waals surface area contributed by atoms with Crippen LogP contribution in [0.25, 0.3) is 33.2 Å². The van der Waals surface area contributed by atoms with Crippen LogP contribution in [0.5, 0.6) is 0 Å². The van der Waals surface area contributed by atoms with E-state index >= 15 is 18.4 Å². The summed E-state index contributed by atoms with van der Waals surface area (Å²) in [5.41, 5.74) is 4.16. The van der Waals surface area contributed by atoms with E-state index in [0.717, 1.165) is 11.1 Å². The van der Waals surface area contributed by atoms with E-state index in [1.165, 1.54) is 48.2 Å². The molecule has 3 fully saturated rings. The summed E-state index contributed by atoms with van der Waals surface area (Å²) < 4.78 is 50.6. The van der Waals surface area contributed by atoms with Gasteiger partial charge in [-0.05, 0) is 130 Å². The fraction of sp³-hybridized carbons (Fsp3) is 0.493. The van der Waals surface area contributed by atoms with Crippen LogP contribution in [0.4, 0.5) is 18.4 Å². The van der Waals surface area contributed by atoms with E-state index in [9.17, 15) is 34.5 Å². The molecule has 0 radical (unpaired) electrons. The summed E-state index contributed by atoms with van der Waals surface area (Å²) in [6.45, 7) is 12.8. The molecule has 6 aromatic rings. The van der Waals surface area contributed by atoms with Gasteiger partial charge in [0.1, 0.15) is 55.2 Å². The third-order valence-electron chi connectivity index (χ3n) is 18.2. The number of likely N-dealkylation sites (tertiary alicyclic amines) is 2. The third kappa shape index (κ3) is 13.8. The first-order chi connectivity index (χ1) is 41.9. The Balaban J connectivity index is 1.06. The van der Waals surface area contributed by atoms with Gasteiger partial charge in [-0.25, -0.2) is 18.4 Å². The van der Waals surface area contributed by atoms with Crippen molar-refractivity contribution in [3.8, 4) is 11.4 Å². The van der Waals surface area contributed by atoms with Gasteiger partial charge in [0.2, 0.25) is 17.7 Å². The van der Waals surface area contributed by atoms with E-state index in [0.29, 0.717) is 77.6 Å². The van der Waals surface area contributed by atoms with Gasteiger partial charge in [-0.2, -0.15) is 0 Å². The van der Waals surface area contributed by atoms with Crippen molar-refractivity contribution in [3.05, 3.63) is 131 Å². The number of carbonyl (C=O) groups is 6. The minimum absolute atomic E-state index is 0.00278. The molecule has 88 heavy (non-hydrogen) atoms. The van der Waals surface area contributed by atoms with E-state index in [4.69, 9.17) is 14.2 Å². The Morgan fingerprint density at radius 1 is 0.670 bits per heavy atom. The first-order valence-electron chi connectivity index (χ1n) is 30.6. The summed E-state index contributed by atoms with van der Waals surface area (Å²) in [5, 5.41) is 38.5. The molecule has 3 saturated heterocycles. The Hall–Kier alpha value is -7.72. The predicted octanol–water partition coefficient (Wildman–Crippen LogP) is 8.82. The monoisotopic (exact) mass is 1220 g/mol. The molecule has 0 aliphatic carbocycles. The van der Waals surface area contributed by atoms with Crippen molar-refractivity contribution in [3.63, 3.8) is 0 Å². The highest BCUT2D eigenvalue weighted by Crippen LogP contribution is 2.45. The standard InChI is InChI=1S/C67H83F2N7O12/c1-37(2)50(34-55(77)39(5)72(8)66(84)86-35-42-18-12-10-13-19-42)63(82)74-28-16-22-46(74)32-51-48-26-24-44(68)30-53(48)70-57(51)58-52(49-27-25-45(69)31-54(49)76(58)65-61(80)60(79)59(78)41(7)88-65)33-47-23-17-29-75(47)64(83)56(38(3)4)71-62(81)40(6)73(9)67(85)87-36-43-20-14-11-15-21-43/h10-15,18-21,24-27,30-31,37-41,46-47,50,56,59-61,65,70,78-80H,16-17,22-23,28-29,32-36H2,1-9H3,(H,71,81)/t39-,40-,41-,46-,47-,50-,56-,59+,60+,61-,65-/m0/s1. The van der Waals surface area contributed by atoms with Gasteiger partial charge in [-0.15, -0.1) is 0 Å². The number of fused-ring (bicyclic) bond motifs is 2. The average Bonchev–Trinajstić information content (AvgIpc) is 1.58. The van der Waals surface area contributed by atoms with Gasteiger partial charge < -0.3 is 59.1 Å². The van der Waals surface area contributed by atoms with E-state index in [1.807, 2.05) is 88.4 Å². The van der Waals surface area contributed by atoms with Crippen LogP contribution in [0.1, 0.15) is 109 Å². The van der Waals surface area contributed by atoms with Gasteiger partial charge in [0.05, 0.1) is 29.1 Å². The summed E-state index contributed by atoms with van der Waals surface area (Å²) >= 11 is 0. The molecule has 4 aromatic carbocycles. The topological polar surface area (TPSA) is 237 Å². The van der Waals surface area contributed by atoms with Crippen molar-refractivity contribution in [2.24, 2.45) is 17.8 Å². The maximum Gasteiger partial charge on any atom is 0.410 e. The fourth-order valence-electron chi connectivity index (χ4n) is 12.7. The van der Waals surface area contributed by atoms with Gasteiger partial charge in [0.15, 0.2) is 12.0 Å². The average molecular weight is 1220 g/mol. The number of carbonyl (C=O) groups excluding carboxylic acids is 6. The minimum Gasteiger partial charge on any atom is -0.445 e. The lowest BCUT2D eigenvalue weighted by Gasteiger charge is -2.41. The third-order valence-corrected chi connectivity index (χ3v) is 18.2. The van der Waals surface area contributed by atoms with E-state index in [1.54, 1.807) is 47.3 Å². The second-order valence-corrected chi connectivity index (χ2v) is 24.7. The molecule has 2 aromatic heterocycles. The second-order valence-electron chi connectivity index (χ2n) is 24.7. The summed E-state index contributed by atoms with van der Waals surface area (Å²) in [4.78, 5) is 94.1. The summed E-state index contributed by atoms with van der Waals surface area (Å²) in [6, 6.07) is 22.8. The molecule has 21 heteroatoms. The number of nitrogens with zero attached hydrogens (tertiary/aromatic N) is 5. The Morgan fingerprint density at radius 2 is 1.20 bits per heavy atom. The molecule has 0 bridgehead atoms. The number of halogens is 2. The number of ketones is 1. The Labute approximate surface area is 511 Å². The Bertz CT molecular complexity index is 3490. The molecule has 9 rings (SSSR count). The Morgan fingerprint density at radius 3 is 1.77 bits per heavy atom. The number of benzene rings is 4. The lowest BCUT2D eigenvalue weighted by Crippen LogP contribution is -2.56. The number of hydrogen-bond acceptors (Lipinski definition) is 12. The van der Waals surface area contributed by atoms with Gasteiger partial charge in [-0.3, -0.25) is 24.1 Å². The fourth-order valence-corrected chi connectivity index (χ4v) is 12.7. The number of aromatic amines is 1. The molecule has 0 unspecified atom stereocenters. The molecule has 19 nitrogen and oxygen atoms in total. The van der Waals surface area contributed by atoms with Crippen molar-refractivity contribution in [2.75, 3.05) is 27.2 Å². The number of H-pyrrole nitrogens is 1. The number of ether oxygens (including phenoxy) is 3. The zero-order valence-corrected chi connectivity index (χ0v) is 51.5. The number of Topliss-reactive ketones (excluding diaryl/α,β-unsaturated/α-hetero) is 1. The SMILES string of the molecule is CC(C)[C@H](CC(=O)[C@H](C)N(C)C(=O)OCc1ccccc1)C(=O)N1CCC[C@H]1Cc1c(-c2c(C[C@@H]3CCCN3C(=O)[C@@H](NC(=O)[C@H](C)N(C)C(=O)OCc3ccccc3)C(C)C)c3ccc(F)cc3n2[C@H]2O[C@@H](C)[C@@H](O)[C@@H](O)[C@@H]2O)[nH]c2cc(F)ccc12. The first-order valence-corrected chi connectivity index (χ1v) is 30.6. The van der Waals surface area contributed by atoms with Crippen molar-refractivity contribution >= 4 is 57.5 Å². The van der Waals surface area contributed by atoms with Crippen LogP contribution < -0.4 is 5.32 Å². The summed E-state index contributed by atoms with van der Waals surface area (Å²) in [7, 11) is 2.94. The highest BCUT2D eigenvalue weighted by Gasteiger charge is 2.46. The van der Waals surface area contributed by atoms with Crippen LogP contribution in [0.15, 0.2) is 97.1 Å². The van der Waals surface area contributed by atoms with Gasteiger partial charge in [-0.1, -0.05) is 88.4 Å². The molecule has 472 valence electrons. The molecule has 0 spiro atoms. The number of amides is 5. The van der Waals surface area contributed by atoms with Crippen LogP contribution in [-0.2, 0) is 59.4 Å². The van der Waals surface area contributed by atoms with E-state index < -0.39 is 102 Å². The maximum atomic E-state index is 16.0. The molecule has 3 aliphatic rings. The van der Waals surface area contributed by atoms with Crippen LogP contribution in [0.2, 0.25) is 0 Å². The van der Waals surface area contributed by atoms with Crippen LogP contribution in [0, 0.1) is 29.4 Å². The zero-order chi connectivity index (χ0) is 63.4. The predicted molar refractivity (Wildman–Crippen MR) is 326 cm³/mol. The molecule has 5 N–H and O–H groups in total. The van der Waals surface area contributed by atoms with Crippen molar-refractivity contribution in [2.45, 2.75) is 167 Å². The van der Waals surface area contributed by atoms with E-state index in [-0.39, 0.29) is 61.5 Å². The maximum absolute atomic E-state index is 16.0. The number of nitrogens with one attached hydrogen (secondary N) is 2. The highest BCUT2D eigenvalue weighted by atomic mass is 19.1. The summed E-state index contributed by atoms with van der Waals surface area (Å²) in [5.74, 6) is -4.14. The molecule has 5 amide bonds. The van der Waals surface area contributed by atoms with E-state index in [2.05, 4.69) is 10.3 Å². The minimum atomic E-state index is -1.77. The Kier molecular flexibility index (Phi) is 20.4. The number of aliphatic hydroxyl groups is 3. The lowest BCUT2D eigenvalue weighted by molar-refractivity contribution is -0.238. The first kappa shape index (κ1) is 64.7. The normalized spacial score (nSPS) is 21.8. The number of aliphatic hydroxyl groups excluding tert-OH is 3. The molecule has 3 aliphatic heterocycles. The zero-order valence-electron chi connectivity index (χ0n) is 51.5. The van der Waals surface area contributed by atoms with Gasteiger partial charge in [0.25, 0.3) is 0 Å². The van der Waals surface area contributed by atoms with Crippen molar-refractivity contribution < 1.29 is 67.1 Å². The highest BCUT2D eigenvalue weighted by molar-refractivity contribution is 5.98. The quantitative estimate of drug-likeness (QED) is 0.0455. The largest absolute Gasteiger partial charge is 0.445 e. The van der Waals surface area contributed by atoms with Gasteiger partial charge in [0, 0.05) is 67.9 Å². The number of aromatic nitrogens is 2. The smallest absolute Gasteiger partial charge is 0.410 e. The molecular weight excluding hydrogens is 1130 g/mol. The molecule has 11 atom stereocenters. The molecule has 5 heterocycles. The second kappa shape index (κ2) is 27.8. The van der Waals surface area contributed by atoms with Crippen LogP contribution in [0.3, 0.4) is 0 Å². The number of hydrogen-bond donors (Lipinski definition) is 5. The van der Waals surface area contributed by atoms with Crippen molar-refractivity contribution in [1.29, 1.82) is 0 Å². The van der Waals surface area contributed by atoms with Gasteiger partial charge >= 0.3 is 12.2 Å². The van der Waals surface area contributed by atoms with Crippen LogP contribution in [-0.4, -0.2) is 162 Å². The van der Waals surface area contributed by atoms with Crippen LogP contribution >= 0.6 is 0 Å². The number of likely N-dealkylation sites (N-methyl/N-ethyl adjacent to an activating group) is 2. The molecular formula is C67H83F2N7O12. The van der Waals surface area contributed by atoms with Crippen molar-refractivity contribution in [1.82, 2.24) is 34.5 Å². The molecule has 0 saturated carbocycles. The number of rotatable bonds is 21. The lowest BCUT2D eigenvalue weighted by atomic mass is 9.87. The summed E-state index contributed by atoms with van der Waals surface area (Å²) in [6.07, 6.45) is -6.43.